The highest BCUT2D eigenvalue weighted by atomic mass is 32.2. The summed E-state index contributed by atoms with van der Waals surface area (Å²) in [5.74, 6) is 0.525. The van der Waals surface area contributed by atoms with E-state index in [2.05, 4.69) is 20.1 Å². The number of anilines is 1. The van der Waals surface area contributed by atoms with Crippen LogP contribution in [0.1, 0.15) is 17.0 Å². The summed E-state index contributed by atoms with van der Waals surface area (Å²) in [4.78, 5) is 28.0. The molecule has 0 N–H and O–H groups in total. The molecule has 138 valence electrons. The predicted molar refractivity (Wildman–Crippen MR) is 109 cm³/mol. The van der Waals surface area contributed by atoms with Gasteiger partial charge < -0.3 is 0 Å². The Balaban J connectivity index is 1.65. The molecule has 1 amide bonds. The first kappa shape index (κ1) is 17.9. The molecule has 0 saturated heterocycles. The maximum atomic E-state index is 12.9. The summed E-state index contributed by atoms with van der Waals surface area (Å²) in [6, 6.07) is 7.88. The first-order chi connectivity index (χ1) is 13.0. The maximum absolute atomic E-state index is 12.9. The van der Waals surface area contributed by atoms with Gasteiger partial charge in [0, 0.05) is 24.0 Å². The molecular formula is C18H18N6OS2. The second-order valence-corrected chi connectivity index (χ2v) is 7.95. The van der Waals surface area contributed by atoms with Crippen LogP contribution >= 0.6 is 23.1 Å². The molecule has 0 spiro atoms. The number of hydrogen-bond donors (Lipinski definition) is 0. The van der Waals surface area contributed by atoms with E-state index in [-0.39, 0.29) is 12.3 Å². The van der Waals surface area contributed by atoms with E-state index in [1.165, 1.54) is 23.1 Å². The van der Waals surface area contributed by atoms with Gasteiger partial charge in [0.25, 0.3) is 5.78 Å². The molecule has 0 saturated carbocycles. The quantitative estimate of drug-likeness (QED) is 0.491. The van der Waals surface area contributed by atoms with E-state index >= 15 is 0 Å². The number of rotatable bonds is 4. The van der Waals surface area contributed by atoms with Crippen molar-refractivity contribution in [3.63, 3.8) is 0 Å². The number of para-hydroxylation sites is 1. The van der Waals surface area contributed by atoms with Gasteiger partial charge in [0.1, 0.15) is 0 Å². The van der Waals surface area contributed by atoms with Gasteiger partial charge in [0.2, 0.25) is 11.1 Å². The Bertz CT molecular complexity index is 1130. The van der Waals surface area contributed by atoms with Gasteiger partial charge in [0.15, 0.2) is 5.13 Å². The number of nitrogens with zero attached hydrogens (tertiary/aromatic N) is 6. The van der Waals surface area contributed by atoms with Crippen LogP contribution in [0.25, 0.3) is 16.0 Å². The Morgan fingerprint density at radius 2 is 2.00 bits per heavy atom. The molecule has 0 bridgehead atoms. The van der Waals surface area contributed by atoms with Crippen molar-refractivity contribution in [2.24, 2.45) is 0 Å². The van der Waals surface area contributed by atoms with Gasteiger partial charge >= 0.3 is 0 Å². The fraction of sp³-hybridized carbons (Fsp3) is 0.278. The standard InChI is InChI=1S/C18H18N6OS2/c1-10-12(11(2)24-16(19-10)21-17(22-24)26-4)9-15(25)23(3)18-20-13-7-5-6-8-14(13)27-18/h5-8H,9H2,1-4H3. The number of thiazole rings is 1. The van der Waals surface area contributed by atoms with Crippen molar-refractivity contribution in [1.82, 2.24) is 24.6 Å². The number of fused-ring (bicyclic) bond motifs is 2. The Labute approximate surface area is 164 Å². The van der Waals surface area contributed by atoms with Crippen molar-refractivity contribution >= 4 is 50.1 Å². The van der Waals surface area contributed by atoms with Gasteiger partial charge in [-0.25, -0.2) is 14.5 Å². The van der Waals surface area contributed by atoms with Crippen molar-refractivity contribution in [2.45, 2.75) is 25.4 Å². The number of carbonyl (C=O) groups excluding carboxylic acids is 1. The molecule has 0 fully saturated rings. The van der Waals surface area contributed by atoms with E-state index in [1.807, 2.05) is 44.4 Å². The van der Waals surface area contributed by atoms with Gasteiger partial charge in [-0.05, 0) is 32.2 Å². The number of benzene rings is 1. The van der Waals surface area contributed by atoms with Gasteiger partial charge in [0.05, 0.1) is 16.6 Å². The summed E-state index contributed by atoms with van der Waals surface area (Å²) in [6.45, 7) is 3.85. The Hall–Kier alpha value is -2.52. The topological polar surface area (TPSA) is 76.3 Å². The molecule has 27 heavy (non-hydrogen) atoms. The molecule has 3 aromatic heterocycles. The Morgan fingerprint density at radius 3 is 2.74 bits per heavy atom. The van der Waals surface area contributed by atoms with Crippen LogP contribution in [0.5, 0.6) is 0 Å². The molecule has 0 unspecified atom stereocenters. The minimum Gasteiger partial charge on any atom is -0.291 e. The number of carbonyl (C=O) groups is 1. The molecule has 0 aliphatic rings. The minimum absolute atomic E-state index is 0.0355. The van der Waals surface area contributed by atoms with E-state index in [0.29, 0.717) is 16.1 Å². The molecule has 1 aromatic carbocycles. The van der Waals surface area contributed by atoms with E-state index in [9.17, 15) is 4.79 Å². The number of likely N-dealkylation sites (N-methyl/N-ethyl adjacent to an activating group) is 1. The molecule has 7 nitrogen and oxygen atoms in total. The van der Waals surface area contributed by atoms with Crippen LogP contribution in [0.3, 0.4) is 0 Å². The average Bonchev–Trinajstić information content (AvgIpc) is 3.28. The summed E-state index contributed by atoms with van der Waals surface area (Å²) in [6.07, 6.45) is 2.16. The number of thioether (sulfide) groups is 1. The van der Waals surface area contributed by atoms with Gasteiger partial charge in [-0.3, -0.25) is 9.69 Å². The van der Waals surface area contributed by atoms with Gasteiger partial charge in [-0.2, -0.15) is 4.98 Å². The zero-order chi connectivity index (χ0) is 19.1. The van der Waals surface area contributed by atoms with Crippen molar-refractivity contribution in [3.05, 3.63) is 41.2 Å². The fourth-order valence-electron chi connectivity index (χ4n) is 2.91. The highest BCUT2D eigenvalue weighted by molar-refractivity contribution is 7.98. The second kappa shape index (κ2) is 6.90. The average molecular weight is 399 g/mol. The maximum Gasteiger partial charge on any atom is 0.253 e. The van der Waals surface area contributed by atoms with E-state index in [1.54, 1.807) is 16.5 Å². The zero-order valence-electron chi connectivity index (χ0n) is 15.4. The largest absolute Gasteiger partial charge is 0.291 e. The van der Waals surface area contributed by atoms with E-state index in [0.717, 1.165) is 27.2 Å². The molecule has 0 aliphatic heterocycles. The lowest BCUT2D eigenvalue weighted by atomic mass is 10.1. The lowest BCUT2D eigenvalue weighted by Gasteiger charge is -2.16. The molecule has 0 radical (unpaired) electrons. The Kier molecular flexibility index (Phi) is 4.56. The monoisotopic (exact) mass is 398 g/mol. The summed E-state index contributed by atoms with van der Waals surface area (Å²) in [5, 5.41) is 5.80. The molecule has 3 heterocycles. The second-order valence-electron chi connectivity index (χ2n) is 6.17. The predicted octanol–water partition coefficient (Wildman–Crippen LogP) is 3.28. The summed E-state index contributed by atoms with van der Waals surface area (Å²) in [5.41, 5.74) is 3.46. The van der Waals surface area contributed by atoms with Crippen molar-refractivity contribution in [2.75, 3.05) is 18.2 Å². The zero-order valence-corrected chi connectivity index (χ0v) is 17.1. The van der Waals surface area contributed by atoms with Gasteiger partial charge in [-0.15, -0.1) is 5.10 Å². The molecule has 4 aromatic rings. The molecule has 0 atom stereocenters. The van der Waals surface area contributed by atoms with E-state index < -0.39 is 0 Å². The van der Waals surface area contributed by atoms with Crippen molar-refractivity contribution < 1.29 is 4.79 Å². The molecule has 9 heteroatoms. The molecule has 4 rings (SSSR count). The lowest BCUT2D eigenvalue weighted by molar-refractivity contribution is -0.117. The van der Waals surface area contributed by atoms with Crippen LogP contribution in [-0.4, -0.2) is 43.8 Å². The fourth-order valence-corrected chi connectivity index (χ4v) is 4.19. The van der Waals surface area contributed by atoms with Crippen molar-refractivity contribution in [1.29, 1.82) is 0 Å². The lowest BCUT2D eigenvalue weighted by Crippen LogP contribution is -2.28. The number of aromatic nitrogens is 5. The minimum atomic E-state index is -0.0355. The molecule has 0 aliphatic carbocycles. The Morgan fingerprint density at radius 1 is 1.22 bits per heavy atom. The van der Waals surface area contributed by atoms with Gasteiger partial charge in [-0.1, -0.05) is 35.2 Å². The molecular weight excluding hydrogens is 380 g/mol. The summed E-state index contributed by atoms with van der Waals surface area (Å²) >= 11 is 2.98. The highest BCUT2D eigenvalue weighted by Gasteiger charge is 2.20. The van der Waals surface area contributed by atoms with Crippen LogP contribution in [0.15, 0.2) is 29.4 Å². The first-order valence-electron chi connectivity index (χ1n) is 8.37. The van der Waals surface area contributed by atoms with E-state index in [4.69, 9.17) is 0 Å². The summed E-state index contributed by atoms with van der Waals surface area (Å²) < 4.78 is 2.77. The SMILES string of the molecule is CSc1nc2nc(C)c(CC(=O)N(C)c3nc4ccccc4s3)c(C)n2n1. The number of aryl methyl sites for hydroxylation is 2. The normalized spacial score (nSPS) is 11.4. The van der Waals surface area contributed by atoms with Crippen LogP contribution < -0.4 is 4.90 Å². The summed E-state index contributed by atoms with van der Waals surface area (Å²) in [7, 11) is 1.76. The number of amides is 1. The van der Waals surface area contributed by atoms with Crippen LogP contribution in [0.4, 0.5) is 5.13 Å². The van der Waals surface area contributed by atoms with Crippen LogP contribution in [0.2, 0.25) is 0 Å². The third-order valence-electron chi connectivity index (χ3n) is 4.48. The smallest absolute Gasteiger partial charge is 0.253 e. The number of hydrogen-bond acceptors (Lipinski definition) is 7. The third kappa shape index (κ3) is 3.17. The highest BCUT2D eigenvalue weighted by Crippen LogP contribution is 2.28. The van der Waals surface area contributed by atoms with Crippen LogP contribution in [-0.2, 0) is 11.2 Å². The van der Waals surface area contributed by atoms with Crippen molar-refractivity contribution in [3.8, 4) is 0 Å². The third-order valence-corrected chi connectivity index (χ3v) is 6.13. The van der Waals surface area contributed by atoms with Crippen LogP contribution in [0, 0.1) is 13.8 Å². The first-order valence-corrected chi connectivity index (χ1v) is 10.4.